The van der Waals surface area contributed by atoms with E-state index in [-0.39, 0.29) is 6.61 Å². The van der Waals surface area contributed by atoms with Gasteiger partial charge in [0.2, 0.25) is 5.75 Å². The van der Waals surface area contributed by atoms with E-state index >= 15 is 0 Å². The van der Waals surface area contributed by atoms with Crippen LogP contribution in [-0.2, 0) is 11.3 Å². The van der Waals surface area contributed by atoms with Crippen molar-refractivity contribution in [2.45, 2.75) is 6.61 Å². The van der Waals surface area contributed by atoms with E-state index in [9.17, 15) is 4.79 Å². The lowest BCUT2D eigenvalue weighted by Gasteiger charge is -2.15. The molecule has 0 spiro atoms. The molecular weight excluding hydrogens is 472 g/mol. The van der Waals surface area contributed by atoms with Crippen molar-refractivity contribution in [1.82, 2.24) is 15.0 Å². The van der Waals surface area contributed by atoms with E-state index in [0.717, 1.165) is 5.39 Å². The van der Waals surface area contributed by atoms with Gasteiger partial charge < -0.3 is 24.7 Å². The Morgan fingerprint density at radius 3 is 2.05 bits per heavy atom. The zero-order chi connectivity index (χ0) is 25.9. The molecule has 3 aromatic carbocycles. The predicted octanol–water partition coefficient (Wildman–Crippen LogP) is 4.81. The number of pyridine rings is 1. The zero-order valence-electron chi connectivity index (χ0n) is 20.5. The lowest BCUT2D eigenvalue weighted by molar-refractivity contribution is 0.0465. The second-order valence-electron chi connectivity index (χ2n) is 8.10. The highest BCUT2D eigenvalue weighted by atomic mass is 16.5. The Morgan fingerprint density at radius 1 is 0.784 bits per heavy atom. The van der Waals surface area contributed by atoms with Gasteiger partial charge in [-0.3, -0.25) is 0 Å². The molecule has 0 amide bonds. The topological polar surface area (TPSA) is 119 Å². The van der Waals surface area contributed by atoms with Crippen molar-refractivity contribution in [3.05, 3.63) is 78.1 Å². The second-order valence-corrected chi connectivity index (χ2v) is 8.10. The molecule has 37 heavy (non-hydrogen) atoms. The second kappa shape index (κ2) is 9.98. The molecule has 9 nitrogen and oxygen atoms in total. The summed E-state index contributed by atoms with van der Waals surface area (Å²) in [5.74, 6) is 1.51. The molecule has 5 aromatic rings. The number of nitrogen functional groups attached to an aromatic ring is 1. The van der Waals surface area contributed by atoms with Gasteiger partial charge in [0, 0.05) is 16.3 Å². The van der Waals surface area contributed by atoms with Crippen LogP contribution in [0.1, 0.15) is 16.2 Å². The molecule has 0 fully saturated rings. The van der Waals surface area contributed by atoms with Crippen LogP contribution in [-0.4, -0.2) is 42.3 Å². The number of hydrogen-bond acceptors (Lipinski definition) is 9. The molecule has 9 heteroatoms. The third-order valence-corrected chi connectivity index (χ3v) is 5.91. The maximum absolute atomic E-state index is 13.3. The van der Waals surface area contributed by atoms with Crippen LogP contribution in [0.3, 0.4) is 0 Å². The summed E-state index contributed by atoms with van der Waals surface area (Å²) < 4.78 is 22.0. The summed E-state index contributed by atoms with van der Waals surface area (Å²) in [5, 5.41) is 1.40. The average Bonchev–Trinajstić information content (AvgIpc) is 2.94. The van der Waals surface area contributed by atoms with Gasteiger partial charge in [-0.05, 0) is 36.4 Å². The minimum absolute atomic E-state index is 0.135. The van der Waals surface area contributed by atoms with Gasteiger partial charge in [-0.25, -0.2) is 19.7 Å². The van der Waals surface area contributed by atoms with Crippen LogP contribution in [0.25, 0.3) is 33.1 Å². The number of hydrogen-bond donors (Lipinski definition) is 1. The number of ether oxygens (including phenoxy) is 4. The molecule has 0 aliphatic rings. The highest BCUT2D eigenvalue weighted by molar-refractivity contribution is 6.04. The standard InChI is InChI=1S/C28H24N4O5/c1-34-23-12-16(13-24(35-2)26(23)36-3)22-14-19(17-8-4-6-10-20(17)30-22)28(33)37-15-25-31-21-11-7-5-9-18(21)27(29)32-25/h4-14H,15H2,1-3H3,(H2,29,31,32). The molecule has 0 atom stereocenters. The Morgan fingerprint density at radius 2 is 1.41 bits per heavy atom. The summed E-state index contributed by atoms with van der Waals surface area (Å²) >= 11 is 0. The molecule has 0 unspecified atom stereocenters. The Labute approximate surface area is 212 Å². The summed E-state index contributed by atoms with van der Waals surface area (Å²) in [5.41, 5.74) is 8.95. The molecular formula is C28H24N4O5. The fourth-order valence-corrected chi connectivity index (χ4v) is 4.14. The monoisotopic (exact) mass is 496 g/mol. The summed E-state index contributed by atoms with van der Waals surface area (Å²) in [7, 11) is 4.62. The molecule has 0 radical (unpaired) electrons. The number of aromatic nitrogens is 3. The molecule has 2 N–H and O–H groups in total. The van der Waals surface area contributed by atoms with Gasteiger partial charge in [0.15, 0.2) is 23.9 Å². The SMILES string of the molecule is COc1cc(-c2cc(C(=O)OCc3nc(N)c4ccccc4n3)c3ccccc3n2)cc(OC)c1OC. The minimum atomic E-state index is -0.539. The van der Waals surface area contributed by atoms with Crippen molar-refractivity contribution in [3.63, 3.8) is 0 Å². The summed E-state index contributed by atoms with van der Waals surface area (Å²) in [6, 6.07) is 20.0. The zero-order valence-corrected chi connectivity index (χ0v) is 20.5. The largest absolute Gasteiger partial charge is 0.493 e. The van der Waals surface area contributed by atoms with E-state index in [2.05, 4.69) is 9.97 Å². The molecule has 2 aromatic heterocycles. The highest BCUT2D eigenvalue weighted by Gasteiger charge is 2.19. The molecule has 0 bridgehead atoms. The Balaban J connectivity index is 1.52. The van der Waals surface area contributed by atoms with E-state index in [1.54, 1.807) is 32.4 Å². The first-order valence-corrected chi connectivity index (χ1v) is 11.4. The normalized spacial score (nSPS) is 10.9. The number of nitrogens with zero attached hydrogens (tertiary/aromatic N) is 3. The Hall–Kier alpha value is -4.92. The van der Waals surface area contributed by atoms with Crippen LogP contribution in [0.5, 0.6) is 17.2 Å². The molecule has 0 aliphatic carbocycles. The van der Waals surface area contributed by atoms with Crippen LogP contribution < -0.4 is 19.9 Å². The van der Waals surface area contributed by atoms with Crippen molar-refractivity contribution < 1.29 is 23.7 Å². The molecule has 5 rings (SSSR count). The van der Waals surface area contributed by atoms with Gasteiger partial charge in [0.1, 0.15) is 5.82 Å². The van der Waals surface area contributed by atoms with E-state index < -0.39 is 5.97 Å². The van der Waals surface area contributed by atoms with Crippen molar-refractivity contribution in [2.75, 3.05) is 27.1 Å². The van der Waals surface area contributed by atoms with Crippen molar-refractivity contribution in [2.24, 2.45) is 0 Å². The van der Waals surface area contributed by atoms with E-state index in [1.165, 1.54) is 7.11 Å². The third kappa shape index (κ3) is 4.54. The first kappa shape index (κ1) is 23.8. The fourth-order valence-electron chi connectivity index (χ4n) is 4.14. The van der Waals surface area contributed by atoms with E-state index in [0.29, 0.717) is 62.1 Å². The number of benzene rings is 3. The molecule has 0 saturated heterocycles. The highest BCUT2D eigenvalue weighted by Crippen LogP contribution is 2.41. The number of rotatable bonds is 7. The van der Waals surface area contributed by atoms with Crippen molar-refractivity contribution >= 4 is 33.6 Å². The number of fused-ring (bicyclic) bond motifs is 2. The average molecular weight is 497 g/mol. The van der Waals surface area contributed by atoms with Crippen LogP contribution in [0.15, 0.2) is 66.7 Å². The Bertz CT molecular complexity index is 1610. The third-order valence-electron chi connectivity index (χ3n) is 5.91. The molecule has 186 valence electrons. The van der Waals surface area contributed by atoms with Gasteiger partial charge in [0.25, 0.3) is 0 Å². The first-order valence-electron chi connectivity index (χ1n) is 11.4. The number of carbonyl (C=O) groups excluding carboxylic acids is 1. The minimum Gasteiger partial charge on any atom is -0.493 e. The van der Waals surface area contributed by atoms with Crippen LogP contribution in [0, 0.1) is 0 Å². The van der Waals surface area contributed by atoms with Gasteiger partial charge >= 0.3 is 5.97 Å². The summed E-state index contributed by atoms with van der Waals surface area (Å²) in [6.45, 7) is -0.135. The molecule has 0 saturated carbocycles. The molecule has 0 aliphatic heterocycles. The van der Waals surface area contributed by atoms with E-state index in [4.69, 9.17) is 29.7 Å². The van der Waals surface area contributed by atoms with Crippen LogP contribution in [0.2, 0.25) is 0 Å². The van der Waals surface area contributed by atoms with Crippen LogP contribution in [0.4, 0.5) is 5.82 Å². The molecule has 2 heterocycles. The smallest absolute Gasteiger partial charge is 0.339 e. The van der Waals surface area contributed by atoms with Crippen molar-refractivity contribution in [1.29, 1.82) is 0 Å². The number of carbonyl (C=O) groups is 1. The lowest BCUT2D eigenvalue weighted by Crippen LogP contribution is -2.10. The number of nitrogens with two attached hydrogens (primary N) is 1. The van der Waals surface area contributed by atoms with Crippen molar-refractivity contribution in [3.8, 4) is 28.5 Å². The maximum atomic E-state index is 13.3. The lowest BCUT2D eigenvalue weighted by atomic mass is 10.0. The van der Waals surface area contributed by atoms with E-state index in [1.807, 2.05) is 48.5 Å². The van der Waals surface area contributed by atoms with Gasteiger partial charge in [0.05, 0.1) is 43.6 Å². The van der Waals surface area contributed by atoms with Gasteiger partial charge in [-0.2, -0.15) is 0 Å². The summed E-state index contributed by atoms with van der Waals surface area (Å²) in [6.07, 6.45) is 0. The fraction of sp³-hybridized carbons (Fsp3) is 0.143. The van der Waals surface area contributed by atoms with Gasteiger partial charge in [-0.15, -0.1) is 0 Å². The van der Waals surface area contributed by atoms with Gasteiger partial charge in [-0.1, -0.05) is 30.3 Å². The predicted molar refractivity (Wildman–Crippen MR) is 140 cm³/mol. The van der Waals surface area contributed by atoms with Crippen LogP contribution >= 0.6 is 0 Å². The quantitative estimate of drug-likeness (QED) is 0.317. The maximum Gasteiger partial charge on any atom is 0.339 e. The number of esters is 1. The summed E-state index contributed by atoms with van der Waals surface area (Å²) in [4.78, 5) is 26.8. The Kier molecular flexibility index (Phi) is 6.42. The number of methoxy groups -OCH3 is 3. The number of anilines is 1. The number of para-hydroxylation sites is 2. The first-order chi connectivity index (χ1) is 18.0.